The van der Waals surface area contributed by atoms with Crippen molar-refractivity contribution in [1.82, 2.24) is 5.32 Å². The summed E-state index contributed by atoms with van der Waals surface area (Å²) in [5, 5.41) is 12.6. The van der Waals surface area contributed by atoms with Gasteiger partial charge >= 0.3 is 0 Å². The number of ether oxygens (including phenoxy) is 1. The molecule has 3 heteroatoms. The lowest BCUT2D eigenvalue weighted by molar-refractivity contribution is 0.133. The molecule has 0 rings (SSSR count). The van der Waals surface area contributed by atoms with Crippen LogP contribution >= 0.6 is 0 Å². The first kappa shape index (κ1) is 12.9. The summed E-state index contributed by atoms with van der Waals surface area (Å²) in [6.45, 7) is 5.53. The van der Waals surface area contributed by atoms with Crippen LogP contribution in [0.1, 0.15) is 33.1 Å². The molecule has 0 aromatic heterocycles. The van der Waals surface area contributed by atoms with E-state index in [1.54, 1.807) is 7.11 Å². The highest BCUT2D eigenvalue weighted by Gasteiger charge is 2.08. The van der Waals surface area contributed by atoms with Crippen LogP contribution in [-0.2, 0) is 4.74 Å². The van der Waals surface area contributed by atoms with E-state index < -0.39 is 0 Å². The fraction of sp³-hybridized carbons (Fsp3) is 1.00. The van der Waals surface area contributed by atoms with Crippen molar-refractivity contribution in [3.63, 3.8) is 0 Å². The van der Waals surface area contributed by atoms with Crippen LogP contribution in [0.15, 0.2) is 0 Å². The van der Waals surface area contributed by atoms with E-state index in [0.717, 1.165) is 25.9 Å². The predicted molar refractivity (Wildman–Crippen MR) is 54.9 cm³/mol. The van der Waals surface area contributed by atoms with E-state index in [9.17, 15) is 5.11 Å². The Morgan fingerprint density at radius 3 is 2.54 bits per heavy atom. The molecule has 0 heterocycles. The Kier molecular flexibility index (Phi) is 8.40. The van der Waals surface area contributed by atoms with Gasteiger partial charge in [0, 0.05) is 19.7 Å². The summed E-state index contributed by atoms with van der Waals surface area (Å²) in [6, 6.07) is 0.385. The van der Waals surface area contributed by atoms with Crippen molar-refractivity contribution in [3.05, 3.63) is 0 Å². The van der Waals surface area contributed by atoms with Crippen molar-refractivity contribution in [2.45, 2.75) is 45.3 Å². The minimum Gasteiger partial charge on any atom is -0.392 e. The molecule has 2 N–H and O–H groups in total. The van der Waals surface area contributed by atoms with Crippen LogP contribution in [0.25, 0.3) is 0 Å². The molecule has 0 aliphatic heterocycles. The lowest BCUT2D eigenvalue weighted by atomic mass is 10.1. The van der Waals surface area contributed by atoms with Gasteiger partial charge in [0.2, 0.25) is 0 Å². The third-order valence-corrected chi connectivity index (χ3v) is 2.12. The van der Waals surface area contributed by atoms with Crippen molar-refractivity contribution in [2.75, 3.05) is 20.3 Å². The van der Waals surface area contributed by atoms with Gasteiger partial charge in [-0.25, -0.2) is 0 Å². The average molecular weight is 189 g/mol. The lowest BCUT2D eigenvalue weighted by Crippen LogP contribution is -2.38. The van der Waals surface area contributed by atoms with Crippen molar-refractivity contribution < 1.29 is 9.84 Å². The number of methoxy groups -OCH3 is 1. The molecule has 0 aromatic rings. The highest BCUT2D eigenvalue weighted by atomic mass is 16.5. The van der Waals surface area contributed by atoms with Crippen molar-refractivity contribution in [3.8, 4) is 0 Å². The molecule has 13 heavy (non-hydrogen) atoms. The molecule has 2 atom stereocenters. The summed E-state index contributed by atoms with van der Waals surface area (Å²) in [6.07, 6.45) is 2.82. The van der Waals surface area contributed by atoms with E-state index in [2.05, 4.69) is 12.2 Å². The first-order valence-corrected chi connectivity index (χ1v) is 5.14. The van der Waals surface area contributed by atoms with Crippen LogP contribution < -0.4 is 5.32 Å². The summed E-state index contributed by atoms with van der Waals surface area (Å²) >= 11 is 0. The molecule has 0 fully saturated rings. The molecule has 0 aliphatic rings. The molecule has 80 valence electrons. The number of aliphatic hydroxyl groups is 1. The van der Waals surface area contributed by atoms with Crippen LogP contribution in [0, 0.1) is 0 Å². The van der Waals surface area contributed by atoms with Crippen LogP contribution in [0.3, 0.4) is 0 Å². The smallest absolute Gasteiger partial charge is 0.0662 e. The maximum absolute atomic E-state index is 9.34. The van der Waals surface area contributed by atoms with E-state index >= 15 is 0 Å². The summed E-state index contributed by atoms with van der Waals surface area (Å²) in [5.74, 6) is 0. The molecule has 0 saturated heterocycles. The Bertz CT molecular complexity index is 103. The van der Waals surface area contributed by atoms with Gasteiger partial charge < -0.3 is 15.2 Å². The maximum atomic E-state index is 9.34. The molecule has 0 spiro atoms. The van der Waals surface area contributed by atoms with Crippen LogP contribution in [0.2, 0.25) is 0 Å². The molecule has 0 saturated carbocycles. The summed E-state index contributed by atoms with van der Waals surface area (Å²) in [4.78, 5) is 0. The molecular formula is C10H23NO2. The largest absolute Gasteiger partial charge is 0.392 e. The minimum absolute atomic E-state index is 0.226. The van der Waals surface area contributed by atoms with Gasteiger partial charge in [0.05, 0.1) is 12.7 Å². The molecule has 0 bridgehead atoms. The highest BCUT2D eigenvalue weighted by Crippen LogP contribution is 1.98. The number of hydrogen-bond donors (Lipinski definition) is 2. The number of rotatable bonds is 8. The van der Waals surface area contributed by atoms with Gasteiger partial charge in [-0.3, -0.25) is 0 Å². The minimum atomic E-state index is -0.226. The van der Waals surface area contributed by atoms with Gasteiger partial charge in [0.25, 0.3) is 0 Å². The third kappa shape index (κ3) is 6.99. The third-order valence-electron chi connectivity index (χ3n) is 2.12. The zero-order valence-corrected chi connectivity index (χ0v) is 9.05. The van der Waals surface area contributed by atoms with Crippen molar-refractivity contribution >= 4 is 0 Å². The van der Waals surface area contributed by atoms with Crippen molar-refractivity contribution in [1.29, 1.82) is 0 Å². The SMILES string of the molecule is CCCC(COC)NCC(O)CC. The Hall–Kier alpha value is -0.120. The van der Waals surface area contributed by atoms with E-state index in [1.807, 2.05) is 6.92 Å². The predicted octanol–water partition coefficient (Wildman–Crippen LogP) is 1.16. The zero-order chi connectivity index (χ0) is 10.1. The maximum Gasteiger partial charge on any atom is 0.0662 e. The molecular weight excluding hydrogens is 166 g/mol. The topological polar surface area (TPSA) is 41.5 Å². The summed E-state index contributed by atoms with van der Waals surface area (Å²) in [7, 11) is 1.71. The van der Waals surface area contributed by atoms with E-state index in [1.165, 1.54) is 0 Å². The second-order valence-corrected chi connectivity index (χ2v) is 3.41. The first-order chi connectivity index (χ1) is 6.24. The van der Waals surface area contributed by atoms with Crippen molar-refractivity contribution in [2.24, 2.45) is 0 Å². The monoisotopic (exact) mass is 189 g/mol. The highest BCUT2D eigenvalue weighted by molar-refractivity contribution is 4.67. The molecule has 2 unspecified atom stereocenters. The Balaban J connectivity index is 3.55. The molecule has 3 nitrogen and oxygen atoms in total. The van der Waals surface area contributed by atoms with Crippen LogP contribution in [0.5, 0.6) is 0 Å². The molecule has 0 amide bonds. The second-order valence-electron chi connectivity index (χ2n) is 3.41. The van der Waals surface area contributed by atoms with Gasteiger partial charge in [-0.2, -0.15) is 0 Å². The van der Waals surface area contributed by atoms with Gasteiger partial charge in [0.15, 0.2) is 0 Å². The molecule has 0 aliphatic carbocycles. The van der Waals surface area contributed by atoms with Gasteiger partial charge in [-0.05, 0) is 12.8 Å². The van der Waals surface area contributed by atoms with Crippen LogP contribution in [0.4, 0.5) is 0 Å². The second kappa shape index (κ2) is 8.48. The first-order valence-electron chi connectivity index (χ1n) is 5.14. The Labute approximate surface area is 81.5 Å². The van der Waals surface area contributed by atoms with Gasteiger partial charge in [-0.15, -0.1) is 0 Å². The average Bonchev–Trinajstić information content (AvgIpc) is 2.14. The Morgan fingerprint density at radius 2 is 2.08 bits per heavy atom. The lowest BCUT2D eigenvalue weighted by Gasteiger charge is -2.18. The standard InChI is InChI=1S/C10H23NO2/c1-4-6-9(8-13-3)11-7-10(12)5-2/h9-12H,4-8H2,1-3H3. The fourth-order valence-electron chi connectivity index (χ4n) is 1.24. The fourth-order valence-corrected chi connectivity index (χ4v) is 1.24. The quantitative estimate of drug-likeness (QED) is 0.602. The van der Waals surface area contributed by atoms with E-state index in [4.69, 9.17) is 4.74 Å². The van der Waals surface area contributed by atoms with Gasteiger partial charge in [0.1, 0.15) is 0 Å². The van der Waals surface area contributed by atoms with E-state index in [-0.39, 0.29) is 6.10 Å². The molecule has 0 radical (unpaired) electrons. The molecule has 0 aromatic carbocycles. The Morgan fingerprint density at radius 1 is 1.38 bits per heavy atom. The normalized spacial score (nSPS) is 15.7. The zero-order valence-electron chi connectivity index (χ0n) is 9.05. The number of hydrogen-bond acceptors (Lipinski definition) is 3. The van der Waals surface area contributed by atoms with Crippen LogP contribution in [-0.4, -0.2) is 37.5 Å². The van der Waals surface area contributed by atoms with E-state index in [0.29, 0.717) is 12.6 Å². The number of nitrogens with one attached hydrogen (secondary N) is 1. The summed E-state index contributed by atoms with van der Waals surface area (Å²) < 4.78 is 5.08. The number of aliphatic hydroxyl groups excluding tert-OH is 1. The summed E-state index contributed by atoms with van der Waals surface area (Å²) in [5.41, 5.74) is 0. The van der Waals surface area contributed by atoms with Gasteiger partial charge in [-0.1, -0.05) is 20.3 Å².